The molecule has 29 heavy (non-hydrogen) atoms. The quantitative estimate of drug-likeness (QED) is 0.511. The minimum Gasteiger partial charge on any atom is -0.487 e. The molecule has 4 rings (SSSR count). The Morgan fingerprint density at radius 3 is 2.72 bits per heavy atom. The van der Waals surface area contributed by atoms with Gasteiger partial charge in [-0.05, 0) is 41.8 Å². The number of fused-ring (bicyclic) bond motifs is 1. The number of ether oxygens (including phenoxy) is 1. The van der Waals surface area contributed by atoms with Gasteiger partial charge < -0.3 is 14.5 Å². The first-order valence-corrected chi connectivity index (χ1v) is 9.67. The van der Waals surface area contributed by atoms with Gasteiger partial charge in [0.25, 0.3) is 5.91 Å². The number of pyridine rings is 1. The van der Waals surface area contributed by atoms with E-state index in [0.29, 0.717) is 24.5 Å². The molecule has 0 saturated heterocycles. The molecule has 2 aromatic carbocycles. The molecule has 0 aliphatic rings. The molecule has 0 saturated carbocycles. The standard InChI is InChI=1S/C24H23N3O2/c1-18(19-8-3-2-4-9-19)15-25-24(28)20-10-7-11-22(14-20)29-17-21-16-27-13-6-5-12-23(27)26-21/h2-14,16,18H,15,17H2,1H3,(H,25,28). The molecular formula is C24H23N3O2. The molecular weight excluding hydrogens is 362 g/mol. The Morgan fingerprint density at radius 2 is 1.90 bits per heavy atom. The zero-order valence-corrected chi connectivity index (χ0v) is 16.3. The Balaban J connectivity index is 1.35. The van der Waals surface area contributed by atoms with E-state index in [1.807, 2.05) is 65.3 Å². The SMILES string of the molecule is CC(CNC(=O)c1cccc(OCc2cn3ccccc3n2)c1)c1ccccc1. The number of carbonyl (C=O) groups excluding carboxylic acids is 1. The molecule has 0 radical (unpaired) electrons. The number of nitrogens with zero attached hydrogens (tertiary/aromatic N) is 2. The lowest BCUT2D eigenvalue weighted by Gasteiger charge is -2.13. The van der Waals surface area contributed by atoms with E-state index in [2.05, 4.69) is 29.4 Å². The number of amides is 1. The fraction of sp³-hybridized carbons (Fsp3) is 0.167. The summed E-state index contributed by atoms with van der Waals surface area (Å²) in [5.74, 6) is 0.784. The largest absolute Gasteiger partial charge is 0.487 e. The molecule has 5 nitrogen and oxygen atoms in total. The maximum Gasteiger partial charge on any atom is 0.251 e. The van der Waals surface area contributed by atoms with Gasteiger partial charge in [0.2, 0.25) is 0 Å². The van der Waals surface area contributed by atoms with Crippen LogP contribution in [0, 0.1) is 0 Å². The molecule has 1 atom stereocenters. The summed E-state index contributed by atoms with van der Waals surface area (Å²) in [6.07, 6.45) is 3.89. The Kier molecular flexibility index (Phi) is 5.56. The summed E-state index contributed by atoms with van der Waals surface area (Å²) in [7, 11) is 0. The second-order valence-electron chi connectivity index (χ2n) is 7.04. The summed E-state index contributed by atoms with van der Waals surface area (Å²) in [6.45, 7) is 3.02. The molecule has 146 valence electrons. The van der Waals surface area contributed by atoms with Gasteiger partial charge in [-0.1, -0.05) is 49.4 Å². The average molecular weight is 385 g/mol. The van der Waals surface area contributed by atoms with Crippen LogP contribution in [0.15, 0.2) is 85.2 Å². The van der Waals surface area contributed by atoms with Crippen LogP contribution in [0.5, 0.6) is 5.75 Å². The van der Waals surface area contributed by atoms with E-state index in [9.17, 15) is 4.79 Å². The van der Waals surface area contributed by atoms with Gasteiger partial charge in [0.05, 0.1) is 5.69 Å². The maximum absolute atomic E-state index is 12.5. The maximum atomic E-state index is 12.5. The topological polar surface area (TPSA) is 55.6 Å². The third kappa shape index (κ3) is 4.63. The third-order valence-electron chi connectivity index (χ3n) is 4.83. The molecule has 0 fully saturated rings. The summed E-state index contributed by atoms with van der Waals surface area (Å²) in [4.78, 5) is 17.1. The van der Waals surface area contributed by atoms with Gasteiger partial charge in [0.15, 0.2) is 0 Å². The first kappa shape index (κ1) is 18.7. The van der Waals surface area contributed by atoms with Crippen molar-refractivity contribution in [1.82, 2.24) is 14.7 Å². The second kappa shape index (κ2) is 8.61. The van der Waals surface area contributed by atoms with E-state index in [1.54, 1.807) is 12.1 Å². The predicted molar refractivity (Wildman–Crippen MR) is 113 cm³/mol. The van der Waals surface area contributed by atoms with Gasteiger partial charge in [0, 0.05) is 24.5 Å². The van der Waals surface area contributed by atoms with Gasteiger partial charge in [-0.25, -0.2) is 4.98 Å². The van der Waals surface area contributed by atoms with Crippen molar-refractivity contribution in [2.45, 2.75) is 19.4 Å². The Labute approximate surface area is 170 Å². The van der Waals surface area contributed by atoms with Crippen molar-refractivity contribution >= 4 is 11.6 Å². The molecule has 0 aliphatic heterocycles. The van der Waals surface area contributed by atoms with Crippen LogP contribution in [0.1, 0.15) is 34.5 Å². The number of rotatable bonds is 7. The van der Waals surface area contributed by atoms with Crippen molar-refractivity contribution in [3.63, 3.8) is 0 Å². The lowest BCUT2D eigenvalue weighted by Crippen LogP contribution is -2.27. The van der Waals surface area contributed by atoms with E-state index in [1.165, 1.54) is 5.56 Å². The molecule has 5 heteroatoms. The number of hydrogen-bond acceptors (Lipinski definition) is 3. The number of imidazole rings is 1. The lowest BCUT2D eigenvalue weighted by atomic mass is 10.0. The van der Waals surface area contributed by atoms with Gasteiger partial charge in [-0.15, -0.1) is 0 Å². The normalized spacial score (nSPS) is 11.9. The number of hydrogen-bond donors (Lipinski definition) is 1. The molecule has 1 N–H and O–H groups in total. The smallest absolute Gasteiger partial charge is 0.251 e. The fourth-order valence-electron chi connectivity index (χ4n) is 3.19. The van der Waals surface area contributed by atoms with E-state index in [0.717, 1.165) is 11.3 Å². The average Bonchev–Trinajstić information content (AvgIpc) is 3.19. The molecule has 0 spiro atoms. The van der Waals surface area contributed by atoms with Gasteiger partial charge in [-0.2, -0.15) is 0 Å². The molecule has 2 aromatic heterocycles. The van der Waals surface area contributed by atoms with Crippen LogP contribution in [-0.2, 0) is 6.61 Å². The highest BCUT2D eigenvalue weighted by molar-refractivity contribution is 5.94. The van der Waals surface area contributed by atoms with E-state index >= 15 is 0 Å². The summed E-state index contributed by atoms with van der Waals surface area (Å²) in [5, 5.41) is 3.01. The van der Waals surface area contributed by atoms with E-state index < -0.39 is 0 Å². The Hall–Kier alpha value is -3.60. The minimum absolute atomic E-state index is 0.106. The summed E-state index contributed by atoms with van der Waals surface area (Å²) in [6, 6.07) is 23.3. The van der Waals surface area contributed by atoms with Gasteiger partial charge in [0.1, 0.15) is 18.0 Å². The highest BCUT2D eigenvalue weighted by Gasteiger charge is 2.10. The van der Waals surface area contributed by atoms with Gasteiger partial charge in [-0.3, -0.25) is 4.79 Å². The van der Waals surface area contributed by atoms with E-state index in [4.69, 9.17) is 4.74 Å². The van der Waals surface area contributed by atoms with Crippen LogP contribution < -0.4 is 10.1 Å². The van der Waals surface area contributed by atoms with Crippen molar-refractivity contribution in [1.29, 1.82) is 0 Å². The third-order valence-corrected chi connectivity index (χ3v) is 4.83. The molecule has 2 heterocycles. The van der Waals surface area contributed by atoms with Gasteiger partial charge >= 0.3 is 0 Å². The van der Waals surface area contributed by atoms with Crippen LogP contribution in [0.25, 0.3) is 5.65 Å². The molecule has 0 bridgehead atoms. The molecule has 1 unspecified atom stereocenters. The number of nitrogens with one attached hydrogen (secondary N) is 1. The van der Waals surface area contributed by atoms with Crippen molar-refractivity contribution in [3.8, 4) is 5.75 Å². The molecule has 0 aliphatic carbocycles. The van der Waals surface area contributed by atoms with Crippen LogP contribution >= 0.6 is 0 Å². The second-order valence-corrected chi connectivity index (χ2v) is 7.04. The first-order valence-electron chi connectivity index (χ1n) is 9.67. The highest BCUT2D eigenvalue weighted by Crippen LogP contribution is 2.17. The zero-order valence-electron chi connectivity index (χ0n) is 16.3. The predicted octanol–water partition coefficient (Wildman–Crippen LogP) is 4.45. The minimum atomic E-state index is -0.106. The Bertz CT molecular complexity index is 1070. The number of carbonyl (C=O) groups is 1. The van der Waals surface area contributed by atoms with E-state index in [-0.39, 0.29) is 11.8 Å². The van der Waals surface area contributed by atoms with Crippen LogP contribution in [0.3, 0.4) is 0 Å². The zero-order chi connectivity index (χ0) is 20.1. The van der Waals surface area contributed by atoms with Crippen LogP contribution in [-0.4, -0.2) is 21.8 Å². The number of benzene rings is 2. The Morgan fingerprint density at radius 1 is 1.07 bits per heavy atom. The first-order chi connectivity index (χ1) is 14.2. The molecule has 4 aromatic rings. The monoisotopic (exact) mass is 385 g/mol. The lowest BCUT2D eigenvalue weighted by molar-refractivity contribution is 0.0951. The highest BCUT2D eigenvalue weighted by atomic mass is 16.5. The van der Waals surface area contributed by atoms with Crippen molar-refractivity contribution in [3.05, 3.63) is 102 Å². The number of aromatic nitrogens is 2. The van der Waals surface area contributed by atoms with Crippen molar-refractivity contribution in [2.75, 3.05) is 6.54 Å². The van der Waals surface area contributed by atoms with Crippen molar-refractivity contribution in [2.24, 2.45) is 0 Å². The van der Waals surface area contributed by atoms with Crippen LogP contribution in [0.2, 0.25) is 0 Å². The van der Waals surface area contributed by atoms with Crippen LogP contribution in [0.4, 0.5) is 0 Å². The summed E-state index contributed by atoms with van der Waals surface area (Å²) < 4.78 is 7.81. The van der Waals surface area contributed by atoms with Crippen molar-refractivity contribution < 1.29 is 9.53 Å². The summed E-state index contributed by atoms with van der Waals surface area (Å²) >= 11 is 0. The fourth-order valence-corrected chi connectivity index (χ4v) is 3.19. The molecule has 1 amide bonds. The summed E-state index contributed by atoms with van der Waals surface area (Å²) in [5.41, 5.74) is 3.50.